The number of hydrogen-bond donors (Lipinski definition) is 1. The van der Waals surface area contributed by atoms with E-state index >= 15 is 0 Å². The van der Waals surface area contributed by atoms with Gasteiger partial charge in [-0.25, -0.2) is 4.98 Å². The van der Waals surface area contributed by atoms with Gasteiger partial charge in [0.25, 0.3) is 0 Å². The summed E-state index contributed by atoms with van der Waals surface area (Å²) in [6, 6.07) is 5.91. The van der Waals surface area contributed by atoms with Crippen LogP contribution in [0, 0.1) is 0 Å². The molecule has 0 spiro atoms. The van der Waals surface area contributed by atoms with Gasteiger partial charge in [0, 0.05) is 25.4 Å². The van der Waals surface area contributed by atoms with Gasteiger partial charge in [-0.3, -0.25) is 0 Å². The quantitative estimate of drug-likeness (QED) is 0.830. The summed E-state index contributed by atoms with van der Waals surface area (Å²) in [5.41, 5.74) is 7.58. The Kier molecular flexibility index (Phi) is 4.74. The predicted molar refractivity (Wildman–Crippen MR) is 84.2 cm³/mol. The Hall–Kier alpha value is -1.88. The third-order valence-corrected chi connectivity index (χ3v) is 3.38. The fourth-order valence-corrected chi connectivity index (χ4v) is 2.34. The van der Waals surface area contributed by atoms with Crippen molar-refractivity contribution in [1.29, 1.82) is 0 Å². The molecule has 2 rings (SSSR count). The van der Waals surface area contributed by atoms with Crippen molar-refractivity contribution in [2.24, 2.45) is 5.73 Å². The van der Waals surface area contributed by atoms with E-state index in [9.17, 15) is 0 Å². The van der Waals surface area contributed by atoms with Gasteiger partial charge < -0.3 is 15.0 Å². The Bertz CT molecular complexity index is 607. The summed E-state index contributed by atoms with van der Waals surface area (Å²) in [5.74, 6) is 1.82. The van der Waals surface area contributed by atoms with Gasteiger partial charge in [-0.05, 0) is 24.1 Å². The molecule has 2 aromatic rings. The standard InChI is InChI=1S/C15H19N3OS/c1-3-4-14-17-7-8-18(14)10-11-5-6-12(15(16)20)13(9-11)19-2/h5-9H,3-4,10H2,1-2H3,(H2,16,20). The van der Waals surface area contributed by atoms with E-state index in [4.69, 9.17) is 22.7 Å². The molecule has 0 atom stereocenters. The first-order chi connectivity index (χ1) is 9.65. The summed E-state index contributed by atoms with van der Waals surface area (Å²) in [5, 5.41) is 0. The molecule has 0 saturated carbocycles. The number of ether oxygens (including phenoxy) is 1. The number of aromatic nitrogens is 2. The number of benzene rings is 1. The molecular weight excluding hydrogens is 270 g/mol. The molecule has 20 heavy (non-hydrogen) atoms. The Balaban J connectivity index is 2.25. The number of aryl methyl sites for hydroxylation is 1. The Morgan fingerprint density at radius 2 is 2.25 bits per heavy atom. The maximum Gasteiger partial charge on any atom is 0.129 e. The lowest BCUT2D eigenvalue weighted by atomic mass is 10.1. The van der Waals surface area contributed by atoms with E-state index in [0.29, 0.717) is 10.7 Å². The van der Waals surface area contributed by atoms with Gasteiger partial charge >= 0.3 is 0 Å². The first-order valence-corrected chi connectivity index (χ1v) is 7.03. The molecule has 0 fully saturated rings. The van der Waals surface area contributed by atoms with Crippen LogP contribution in [0.1, 0.15) is 30.3 Å². The van der Waals surface area contributed by atoms with Crippen LogP contribution < -0.4 is 10.5 Å². The largest absolute Gasteiger partial charge is 0.496 e. The SMILES string of the molecule is CCCc1nccn1Cc1ccc(C(N)=S)c(OC)c1. The normalized spacial score (nSPS) is 10.5. The van der Waals surface area contributed by atoms with E-state index in [1.54, 1.807) is 7.11 Å². The second-order valence-electron chi connectivity index (χ2n) is 4.62. The van der Waals surface area contributed by atoms with Crippen LogP contribution in [0.2, 0.25) is 0 Å². The molecule has 0 bridgehead atoms. The Morgan fingerprint density at radius 1 is 1.45 bits per heavy atom. The highest BCUT2D eigenvalue weighted by Gasteiger charge is 2.08. The Morgan fingerprint density at radius 3 is 2.90 bits per heavy atom. The molecule has 0 radical (unpaired) electrons. The summed E-state index contributed by atoms with van der Waals surface area (Å²) in [7, 11) is 1.63. The number of rotatable bonds is 6. The van der Waals surface area contributed by atoms with Crippen LogP contribution in [0.4, 0.5) is 0 Å². The number of nitrogens with zero attached hydrogens (tertiary/aromatic N) is 2. The second kappa shape index (κ2) is 6.52. The molecule has 0 aliphatic rings. The van der Waals surface area contributed by atoms with Crippen LogP contribution >= 0.6 is 12.2 Å². The average molecular weight is 289 g/mol. The lowest BCUT2D eigenvalue weighted by Gasteiger charge is -2.11. The molecule has 5 heteroatoms. The predicted octanol–water partition coefficient (Wildman–Crippen LogP) is 2.53. The third kappa shape index (κ3) is 3.17. The first kappa shape index (κ1) is 14.5. The van der Waals surface area contributed by atoms with Crippen molar-refractivity contribution in [1.82, 2.24) is 9.55 Å². The highest BCUT2D eigenvalue weighted by Crippen LogP contribution is 2.21. The molecular formula is C15H19N3OS. The van der Waals surface area contributed by atoms with Crippen LogP contribution in [0.25, 0.3) is 0 Å². The lowest BCUT2D eigenvalue weighted by Crippen LogP contribution is -2.12. The van der Waals surface area contributed by atoms with Crippen molar-refractivity contribution >= 4 is 17.2 Å². The van der Waals surface area contributed by atoms with E-state index in [1.807, 2.05) is 30.6 Å². The highest BCUT2D eigenvalue weighted by atomic mass is 32.1. The van der Waals surface area contributed by atoms with Crippen molar-refractivity contribution in [3.8, 4) is 5.75 Å². The molecule has 4 nitrogen and oxygen atoms in total. The smallest absolute Gasteiger partial charge is 0.129 e. The van der Waals surface area contributed by atoms with Gasteiger partial charge in [-0.2, -0.15) is 0 Å². The van der Waals surface area contributed by atoms with Gasteiger partial charge in [-0.1, -0.05) is 25.2 Å². The fourth-order valence-electron chi connectivity index (χ4n) is 2.17. The summed E-state index contributed by atoms with van der Waals surface area (Å²) < 4.78 is 7.50. The monoisotopic (exact) mass is 289 g/mol. The molecule has 0 amide bonds. The van der Waals surface area contributed by atoms with E-state index < -0.39 is 0 Å². The second-order valence-corrected chi connectivity index (χ2v) is 5.06. The number of hydrogen-bond acceptors (Lipinski definition) is 3. The minimum Gasteiger partial charge on any atom is -0.496 e. The number of nitrogens with two attached hydrogens (primary N) is 1. The number of thiocarbonyl (C=S) groups is 1. The van der Waals surface area contributed by atoms with Gasteiger partial charge in [0.15, 0.2) is 0 Å². The van der Waals surface area contributed by atoms with Crippen molar-refractivity contribution in [3.63, 3.8) is 0 Å². The van der Waals surface area contributed by atoms with E-state index in [-0.39, 0.29) is 0 Å². The van der Waals surface area contributed by atoms with Crippen LogP contribution in [-0.4, -0.2) is 21.6 Å². The van der Waals surface area contributed by atoms with Crippen molar-refractivity contribution in [3.05, 3.63) is 47.5 Å². The van der Waals surface area contributed by atoms with Crippen LogP contribution in [-0.2, 0) is 13.0 Å². The molecule has 0 aliphatic carbocycles. The molecule has 2 N–H and O–H groups in total. The maximum absolute atomic E-state index is 5.68. The zero-order valence-corrected chi connectivity index (χ0v) is 12.6. The van der Waals surface area contributed by atoms with Crippen LogP contribution in [0.15, 0.2) is 30.6 Å². The molecule has 106 valence electrons. The van der Waals surface area contributed by atoms with Gasteiger partial charge in [-0.15, -0.1) is 0 Å². The van der Waals surface area contributed by atoms with E-state index in [0.717, 1.165) is 36.3 Å². The summed E-state index contributed by atoms with van der Waals surface area (Å²) in [6.07, 6.45) is 5.90. The summed E-state index contributed by atoms with van der Waals surface area (Å²) in [6.45, 7) is 2.92. The zero-order chi connectivity index (χ0) is 14.5. The molecule has 1 aromatic carbocycles. The van der Waals surface area contributed by atoms with Gasteiger partial charge in [0.05, 0.1) is 12.7 Å². The summed E-state index contributed by atoms with van der Waals surface area (Å²) >= 11 is 5.01. The molecule has 0 unspecified atom stereocenters. The van der Waals surface area contributed by atoms with Gasteiger partial charge in [0.2, 0.25) is 0 Å². The summed E-state index contributed by atoms with van der Waals surface area (Å²) in [4.78, 5) is 4.73. The van der Waals surface area contributed by atoms with Crippen molar-refractivity contribution < 1.29 is 4.74 Å². The third-order valence-electron chi connectivity index (χ3n) is 3.16. The highest BCUT2D eigenvalue weighted by molar-refractivity contribution is 7.80. The fraction of sp³-hybridized carbons (Fsp3) is 0.333. The van der Waals surface area contributed by atoms with Crippen molar-refractivity contribution in [2.45, 2.75) is 26.3 Å². The lowest BCUT2D eigenvalue weighted by molar-refractivity contribution is 0.413. The van der Waals surface area contributed by atoms with Crippen molar-refractivity contribution in [2.75, 3.05) is 7.11 Å². The average Bonchev–Trinajstić information content (AvgIpc) is 2.86. The number of imidazole rings is 1. The first-order valence-electron chi connectivity index (χ1n) is 6.62. The van der Waals surface area contributed by atoms with E-state index in [2.05, 4.69) is 16.5 Å². The van der Waals surface area contributed by atoms with Crippen LogP contribution in [0.3, 0.4) is 0 Å². The molecule has 1 heterocycles. The minimum absolute atomic E-state index is 0.350. The molecule has 0 saturated heterocycles. The molecule has 0 aliphatic heterocycles. The zero-order valence-electron chi connectivity index (χ0n) is 11.8. The maximum atomic E-state index is 5.68. The topological polar surface area (TPSA) is 53.1 Å². The van der Waals surface area contributed by atoms with Gasteiger partial charge in [0.1, 0.15) is 16.6 Å². The minimum atomic E-state index is 0.350. The van der Waals surface area contributed by atoms with Crippen LogP contribution in [0.5, 0.6) is 5.75 Å². The Labute approximate surface area is 124 Å². The van der Waals surface area contributed by atoms with E-state index in [1.165, 1.54) is 0 Å². The molecule has 1 aromatic heterocycles. The number of methoxy groups -OCH3 is 1.